The van der Waals surface area contributed by atoms with Crippen LogP contribution in [0, 0.1) is 11.8 Å². The molecule has 1 aliphatic heterocycles. The summed E-state index contributed by atoms with van der Waals surface area (Å²) in [6.45, 7) is 7.91. The Balaban J connectivity index is 2.09. The normalized spacial score (nSPS) is 24.1. The Hall–Kier alpha value is -1.96. The number of aliphatic hydroxyl groups excluding tert-OH is 1. The van der Waals surface area contributed by atoms with Crippen LogP contribution < -0.4 is 0 Å². The van der Waals surface area contributed by atoms with E-state index in [1.807, 2.05) is 58.0 Å². The molecule has 7 nitrogen and oxygen atoms in total. The van der Waals surface area contributed by atoms with Crippen LogP contribution in [-0.2, 0) is 35.1 Å². The van der Waals surface area contributed by atoms with Crippen molar-refractivity contribution in [3.05, 3.63) is 35.9 Å². The number of rotatable bonds is 10. The number of benzene rings is 1. The van der Waals surface area contributed by atoms with Gasteiger partial charge in [0, 0.05) is 19.3 Å². The third-order valence-corrected chi connectivity index (χ3v) is 4.63. The number of hydrogen-bond acceptors (Lipinski definition) is 7. The highest BCUT2D eigenvalue weighted by molar-refractivity contribution is 5.70. The molecule has 1 aromatic carbocycles. The minimum absolute atomic E-state index is 0.0830. The topological polar surface area (TPSA) is 91.3 Å². The third-order valence-electron chi connectivity index (χ3n) is 4.63. The molecule has 1 saturated heterocycles. The summed E-state index contributed by atoms with van der Waals surface area (Å²) in [7, 11) is 0. The molecule has 1 heterocycles. The average Bonchev–Trinajstić information content (AvgIpc) is 2.65. The van der Waals surface area contributed by atoms with Crippen LogP contribution in [0.3, 0.4) is 0 Å². The maximum absolute atomic E-state index is 12.3. The molecule has 0 amide bonds. The monoisotopic (exact) mass is 422 g/mol. The molecule has 0 aliphatic carbocycles. The van der Waals surface area contributed by atoms with Gasteiger partial charge in [-0.2, -0.15) is 0 Å². The van der Waals surface area contributed by atoms with E-state index >= 15 is 0 Å². The fourth-order valence-corrected chi connectivity index (χ4v) is 3.26. The van der Waals surface area contributed by atoms with Gasteiger partial charge in [0.15, 0.2) is 6.29 Å². The summed E-state index contributed by atoms with van der Waals surface area (Å²) in [5.74, 6) is -0.374. The molecule has 0 aromatic heterocycles. The van der Waals surface area contributed by atoms with E-state index in [1.165, 1.54) is 0 Å². The first kappa shape index (κ1) is 24.3. The lowest BCUT2D eigenvalue weighted by Gasteiger charge is -2.39. The van der Waals surface area contributed by atoms with E-state index in [0.29, 0.717) is 0 Å². The smallest absolute Gasteiger partial charge is 0.306 e. The highest BCUT2D eigenvalue weighted by atomic mass is 16.7. The molecule has 1 aliphatic rings. The van der Waals surface area contributed by atoms with E-state index in [9.17, 15) is 14.7 Å². The molecule has 7 heteroatoms. The van der Waals surface area contributed by atoms with Crippen molar-refractivity contribution in [2.24, 2.45) is 11.8 Å². The van der Waals surface area contributed by atoms with E-state index in [0.717, 1.165) is 5.56 Å². The van der Waals surface area contributed by atoms with Gasteiger partial charge in [-0.15, -0.1) is 0 Å². The predicted octanol–water partition coefficient (Wildman–Crippen LogP) is 3.23. The first-order valence-electron chi connectivity index (χ1n) is 10.6. The van der Waals surface area contributed by atoms with Gasteiger partial charge < -0.3 is 24.1 Å². The molecule has 0 spiro atoms. The van der Waals surface area contributed by atoms with Crippen molar-refractivity contribution >= 4 is 11.9 Å². The van der Waals surface area contributed by atoms with Crippen molar-refractivity contribution in [2.45, 2.75) is 78.2 Å². The molecule has 2 rings (SSSR count). The Bertz CT molecular complexity index is 659. The molecular formula is C23H34O7. The Morgan fingerprint density at radius 2 is 1.70 bits per heavy atom. The van der Waals surface area contributed by atoms with Crippen molar-refractivity contribution in [2.75, 3.05) is 6.61 Å². The molecule has 1 N–H and O–H groups in total. The summed E-state index contributed by atoms with van der Waals surface area (Å²) >= 11 is 0. The highest BCUT2D eigenvalue weighted by Crippen LogP contribution is 2.26. The van der Waals surface area contributed by atoms with Crippen molar-refractivity contribution in [1.29, 1.82) is 0 Å². The van der Waals surface area contributed by atoms with Crippen molar-refractivity contribution < 1.29 is 33.6 Å². The predicted molar refractivity (Wildman–Crippen MR) is 110 cm³/mol. The Morgan fingerprint density at radius 3 is 2.33 bits per heavy atom. The maximum Gasteiger partial charge on any atom is 0.306 e. The fraction of sp³-hybridized carbons (Fsp3) is 0.652. The number of esters is 2. The van der Waals surface area contributed by atoms with E-state index in [1.54, 1.807) is 0 Å². The first-order valence-corrected chi connectivity index (χ1v) is 10.6. The van der Waals surface area contributed by atoms with Crippen LogP contribution in [0.5, 0.6) is 0 Å². The summed E-state index contributed by atoms with van der Waals surface area (Å²) in [4.78, 5) is 24.2. The average molecular weight is 423 g/mol. The summed E-state index contributed by atoms with van der Waals surface area (Å²) in [5.41, 5.74) is 0.950. The second-order valence-electron chi connectivity index (χ2n) is 8.53. The minimum Gasteiger partial charge on any atom is -0.463 e. The highest BCUT2D eigenvalue weighted by Gasteiger charge is 2.42. The van der Waals surface area contributed by atoms with Crippen LogP contribution in [0.1, 0.15) is 52.5 Å². The molecule has 4 atom stereocenters. The quantitative estimate of drug-likeness (QED) is 0.579. The molecule has 0 radical (unpaired) electrons. The lowest BCUT2D eigenvalue weighted by atomic mass is 10.0. The van der Waals surface area contributed by atoms with Gasteiger partial charge in [-0.25, -0.2) is 0 Å². The number of carbonyl (C=O) groups excluding carboxylic acids is 2. The molecule has 30 heavy (non-hydrogen) atoms. The summed E-state index contributed by atoms with van der Waals surface area (Å²) in [6.07, 6.45) is -2.59. The van der Waals surface area contributed by atoms with Crippen LogP contribution in [0.2, 0.25) is 0 Å². The number of ether oxygens (including phenoxy) is 4. The van der Waals surface area contributed by atoms with Gasteiger partial charge in [-0.05, 0) is 17.4 Å². The second-order valence-corrected chi connectivity index (χ2v) is 8.53. The summed E-state index contributed by atoms with van der Waals surface area (Å²) in [5, 5.41) is 10.1. The van der Waals surface area contributed by atoms with Gasteiger partial charge in [0.1, 0.15) is 24.9 Å². The van der Waals surface area contributed by atoms with Crippen LogP contribution >= 0.6 is 0 Å². The summed E-state index contributed by atoms with van der Waals surface area (Å²) in [6, 6.07) is 9.58. The standard InChI is InChI=1S/C23H34O7/c1-15(2)10-20(24)27-14-19-23(28-13-17-8-6-5-7-9-17)18(12-22(26)30-19)29-21(25)11-16(3)4/h5-9,15-16,18-19,22-23,26H,10-14H2,1-4H3/t18-,19+,22?,23+/m0/s1. The van der Waals surface area contributed by atoms with Gasteiger partial charge in [-0.3, -0.25) is 9.59 Å². The molecular weight excluding hydrogens is 388 g/mol. The SMILES string of the molecule is CC(C)CC(=O)OC[C@H]1OC(O)C[C@H](OC(=O)CC(C)C)[C@H]1OCc1ccccc1. The van der Waals surface area contributed by atoms with Gasteiger partial charge in [0.2, 0.25) is 0 Å². The number of hydrogen-bond donors (Lipinski definition) is 1. The minimum atomic E-state index is -1.13. The molecule has 0 saturated carbocycles. The van der Waals surface area contributed by atoms with Crippen LogP contribution in [0.15, 0.2) is 30.3 Å². The van der Waals surface area contributed by atoms with E-state index < -0.39 is 24.6 Å². The zero-order chi connectivity index (χ0) is 22.1. The maximum atomic E-state index is 12.3. The second kappa shape index (κ2) is 12.0. The van der Waals surface area contributed by atoms with E-state index in [2.05, 4.69) is 0 Å². The number of aliphatic hydroxyl groups is 1. The number of carbonyl (C=O) groups is 2. The van der Waals surface area contributed by atoms with Crippen LogP contribution in [-0.4, -0.2) is 48.3 Å². The van der Waals surface area contributed by atoms with E-state index in [4.69, 9.17) is 18.9 Å². The molecule has 168 valence electrons. The van der Waals surface area contributed by atoms with Gasteiger partial charge in [0.25, 0.3) is 0 Å². The van der Waals surface area contributed by atoms with Gasteiger partial charge >= 0.3 is 11.9 Å². The zero-order valence-electron chi connectivity index (χ0n) is 18.3. The largest absolute Gasteiger partial charge is 0.463 e. The molecule has 1 aromatic rings. The van der Waals surface area contributed by atoms with Gasteiger partial charge in [0.05, 0.1) is 6.61 Å². The summed E-state index contributed by atoms with van der Waals surface area (Å²) < 4.78 is 22.6. The van der Waals surface area contributed by atoms with Crippen LogP contribution in [0.25, 0.3) is 0 Å². The van der Waals surface area contributed by atoms with Gasteiger partial charge in [-0.1, -0.05) is 58.0 Å². The first-order chi connectivity index (χ1) is 14.2. The van der Waals surface area contributed by atoms with Crippen molar-refractivity contribution in [3.63, 3.8) is 0 Å². The molecule has 1 fully saturated rings. The zero-order valence-corrected chi connectivity index (χ0v) is 18.3. The van der Waals surface area contributed by atoms with E-state index in [-0.39, 0.29) is 56.3 Å². The van der Waals surface area contributed by atoms with Crippen molar-refractivity contribution in [1.82, 2.24) is 0 Å². The molecule has 0 bridgehead atoms. The Morgan fingerprint density at radius 1 is 1.07 bits per heavy atom. The lowest BCUT2D eigenvalue weighted by Crippen LogP contribution is -2.53. The lowest BCUT2D eigenvalue weighted by molar-refractivity contribution is -0.259. The Kier molecular flexibility index (Phi) is 9.75. The molecule has 1 unspecified atom stereocenters. The van der Waals surface area contributed by atoms with Crippen LogP contribution in [0.4, 0.5) is 0 Å². The van der Waals surface area contributed by atoms with Crippen molar-refractivity contribution in [3.8, 4) is 0 Å². The third kappa shape index (κ3) is 8.42. The Labute approximate surface area is 178 Å². The fourth-order valence-electron chi connectivity index (χ4n) is 3.26.